The van der Waals surface area contributed by atoms with Crippen LogP contribution in [0.3, 0.4) is 0 Å². The van der Waals surface area contributed by atoms with Crippen molar-refractivity contribution < 1.29 is 14.3 Å². The Hall–Kier alpha value is -1.09. The fraction of sp³-hybridized carbons (Fsp3) is 0.762. The first kappa shape index (κ1) is 15.2. The summed E-state index contributed by atoms with van der Waals surface area (Å²) in [7, 11) is 1.76. The van der Waals surface area contributed by atoms with Crippen LogP contribution in [0.15, 0.2) is 23.5 Å². The van der Waals surface area contributed by atoms with Gasteiger partial charge in [-0.3, -0.25) is 4.79 Å². The van der Waals surface area contributed by atoms with E-state index in [1.807, 2.05) is 0 Å². The van der Waals surface area contributed by atoms with Crippen molar-refractivity contribution in [2.45, 2.75) is 58.0 Å². The molecule has 0 unspecified atom stereocenters. The minimum atomic E-state index is 0.00349. The first-order chi connectivity index (χ1) is 11.4. The molecule has 3 fully saturated rings. The molecule has 5 aliphatic rings. The van der Waals surface area contributed by atoms with E-state index in [-0.39, 0.29) is 22.3 Å². The highest BCUT2D eigenvalue weighted by Crippen LogP contribution is 2.69. The molecule has 1 aliphatic heterocycles. The average Bonchev–Trinajstić information content (AvgIpc) is 3.28. The van der Waals surface area contributed by atoms with Gasteiger partial charge in [0, 0.05) is 29.6 Å². The van der Waals surface area contributed by atoms with Crippen LogP contribution in [0.25, 0.3) is 0 Å². The number of carbonyl (C=O) groups excluding carboxylic acids is 1. The molecule has 0 N–H and O–H groups in total. The van der Waals surface area contributed by atoms with Crippen LogP contribution in [0, 0.1) is 28.6 Å². The van der Waals surface area contributed by atoms with Crippen LogP contribution in [-0.4, -0.2) is 25.1 Å². The molecule has 0 amide bonds. The Balaban J connectivity index is 1.57. The summed E-state index contributed by atoms with van der Waals surface area (Å²) in [6.45, 7) is 5.55. The minimum Gasteiger partial charge on any atom is -0.501 e. The van der Waals surface area contributed by atoms with Crippen molar-refractivity contribution in [1.29, 1.82) is 0 Å². The summed E-state index contributed by atoms with van der Waals surface area (Å²) in [5.41, 5.74) is 1.47. The van der Waals surface area contributed by atoms with E-state index in [0.717, 1.165) is 44.5 Å². The van der Waals surface area contributed by atoms with Crippen LogP contribution in [0.2, 0.25) is 0 Å². The summed E-state index contributed by atoms with van der Waals surface area (Å²) in [6.07, 6.45) is 10.8. The monoisotopic (exact) mass is 328 g/mol. The summed E-state index contributed by atoms with van der Waals surface area (Å²) >= 11 is 0. The summed E-state index contributed by atoms with van der Waals surface area (Å²) in [4.78, 5) is 13.4. The number of hydrogen-bond donors (Lipinski definition) is 0. The van der Waals surface area contributed by atoms with E-state index in [4.69, 9.17) is 9.47 Å². The highest BCUT2D eigenvalue weighted by Gasteiger charge is 2.71. The number of Topliss-reactive ketones (excluding diaryl/α,β-unsaturated/α-hetero) is 1. The maximum atomic E-state index is 13.4. The van der Waals surface area contributed by atoms with Crippen LogP contribution in [0.5, 0.6) is 0 Å². The average molecular weight is 328 g/mol. The predicted octanol–water partition coefficient (Wildman–Crippen LogP) is 4.04. The number of ketones is 1. The van der Waals surface area contributed by atoms with Gasteiger partial charge < -0.3 is 9.47 Å². The molecule has 0 bridgehead atoms. The van der Waals surface area contributed by atoms with Gasteiger partial charge in [0.1, 0.15) is 5.78 Å². The predicted molar refractivity (Wildman–Crippen MR) is 91.3 cm³/mol. The van der Waals surface area contributed by atoms with Gasteiger partial charge in [0.2, 0.25) is 0 Å². The van der Waals surface area contributed by atoms with E-state index in [1.54, 1.807) is 7.11 Å². The zero-order valence-corrected chi connectivity index (χ0v) is 15.1. The normalized spacial score (nSPS) is 52.1. The number of ether oxygens (including phenoxy) is 2. The van der Waals surface area contributed by atoms with Gasteiger partial charge in [0.25, 0.3) is 0 Å². The molecule has 3 nitrogen and oxygen atoms in total. The van der Waals surface area contributed by atoms with Gasteiger partial charge in [-0.2, -0.15) is 0 Å². The molecular weight excluding hydrogens is 300 g/mol. The lowest BCUT2D eigenvalue weighted by molar-refractivity contribution is -0.144. The maximum absolute atomic E-state index is 13.4. The van der Waals surface area contributed by atoms with Crippen LogP contribution in [-0.2, 0) is 14.3 Å². The van der Waals surface area contributed by atoms with E-state index in [0.29, 0.717) is 17.6 Å². The van der Waals surface area contributed by atoms with Gasteiger partial charge in [-0.15, -0.1) is 0 Å². The maximum Gasteiger partial charge on any atom is 0.137 e. The van der Waals surface area contributed by atoms with Gasteiger partial charge in [-0.25, -0.2) is 0 Å². The SMILES string of the molecule is COC1=CC2=CC[C@H]3[C@@H](C(=O)C[C@@]4(C)[C@@H]3CC[C@]43CO3)[C@@]2(C)CC1. The summed E-state index contributed by atoms with van der Waals surface area (Å²) in [5.74, 6) is 2.91. The third-order valence-electron chi connectivity index (χ3n) is 8.47. The Morgan fingerprint density at radius 1 is 1.29 bits per heavy atom. The molecule has 24 heavy (non-hydrogen) atoms. The molecule has 5 rings (SSSR count). The van der Waals surface area contributed by atoms with Gasteiger partial charge in [-0.05, 0) is 49.2 Å². The van der Waals surface area contributed by atoms with Crippen molar-refractivity contribution in [3.8, 4) is 0 Å². The van der Waals surface area contributed by atoms with Crippen molar-refractivity contribution in [2.24, 2.45) is 28.6 Å². The number of rotatable bonds is 1. The van der Waals surface area contributed by atoms with E-state index in [9.17, 15) is 4.79 Å². The minimum absolute atomic E-state index is 0.00349. The number of methoxy groups -OCH3 is 1. The second kappa shape index (κ2) is 4.55. The Morgan fingerprint density at radius 2 is 2.08 bits per heavy atom. The first-order valence-electron chi connectivity index (χ1n) is 9.55. The Kier molecular flexibility index (Phi) is 2.88. The number of hydrogen-bond acceptors (Lipinski definition) is 3. The standard InChI is InChI=1S/C21H28O3/c1-19-8-6-14(23-3)10-13(19)4-5-15-16-7-9-21(12-24-21)20(16,2)11-17(22)18(15)19/h4,10,15-16,18H,5-9,11-12H2,1-3H3/t15-,16-,18+,19+,20+,21+/m1/s1. The number of epoxide rings is 1. The molecule has 0 aromatic carbocycles. The lowest BCUT2D eigenvalue weighted by Gasteiger charge is -2.55. The van der Waals surface area contributed by atoms with Gasteiger partial charge >= 0.3 is 0 Å². The number of carbonyl (C=O) groups is 1. The molecule has 2 saturated carbocycles. The lowest BCUT2D eigenvalue weighted by atomic mass is 9.47. The molecule has 0 aromatic heterocycles. The highest BCUT2D eigenvalue weighted by atomic mass is 16.6. The van der Waals surface area contributed by atoms with Crippen molar-refractivity contribution in [3.63, 3.8) is 0 Å². The zero-order chi connectivity index (χ0) is 16.7. The van der Waals surface area contributed by atoms with E-state index in [1.165, 1.54) is 12.0 Å². The number of fused-ring (bicyclic) bond motifs is 6. The van der Waals surface area contributed by atoms with E-state index >= 15 is 0 Å². The first-order valence-corrected chi connectivity index (χ1v) is 9.55. The molecule has 1 spiro atoms. The molecule has 0 radical (unpaired) electrons. The molecule has 6 atom stereocenters. The third-order valence-corrected chi connectivity index (χ3v) is 8.47. The lowest BCUT2D eigenvalue weighted by Crippen LogP contribution is -2.55. The summed E-state index contributed by atoms with van der Waals surface area (Å²) in [5, 5.41) is 0. The topological polar surface area (TPSA) is 38.8 Å². The van der Waals surface area contributed by atoms with Crippen molar-refractivity contribution in [3.05, 3.63) is 23.5 Å². The quantitative estimate of drug-likeness (QED) is 0.682. The van der Waals surface area contributed by atoms with Crippen LogP contribution in [0.1, 0.15) is 52.4 Å². The molecule has 1 saturated heterocycles. The highest BCUT2D eigenvalue weighted by molar-refractivity contribution is 5.85. The van der Waals surface area contributed by atoms with Crippen molar-refractivity contribution >= 4 is 5.78 Å². The molecule has 0 aromatic rings. The largest absolute Gasteiger partial charge is 0.501 e. The molecular formula is C21H28O3. The molecule has 3 heteroatoms. The van der Waals surface area contributed by atoms with Gasteiger partial charge in [-0.1, -0.05) is 19.9 Å². The number of allylic oxidation sites excluding steroid dienone is 4. The molecule has 1 heterocycles. The summed E-state index contributed by atoms with van der Waals surface area (Å²) < 4.78 is 11.4. The Bertz CT molecular complexity index is 671. The second-order valence-electron chi connectivity index (χ2n) is 9.26. The second-order valence-corrected chi connectivity index (χ2v) is 9.26. The fourth-order valence-electron chi connectivity index (χ4n) is 6.93. The van der Waals surface area contributed by atoms with Gasteiger partial charge in [0.15, 0.2) is 0 Å². The van der Waals surface area contributed by atoms with Crippen molar-refractivity contribution in [1.82, 2.24) is 0 Å². The zero-order valence-electron chi connectivity index (χ0n) is 15.1. The third kappa shape index (κ3) is 1.65. The van der Waals surface area contributed by atoms with Gasteiger partial charge in [0.05, 0.1) is 25.1 Å². The van der Waals surface area contributed by atoms with E-state index in [2.05, 4.69) is 26.0 Å². The smallest absolute Gasteiger partial charge is 0.137 e. The Labute approximate surface area is 144 Å². The fourth-order valence-corrected chi connectivity index (χ4v) is 6.93. The summed E-state index contributed by atoms with van der Waals surface area (Å²) in [6, 6.07) is 0. The molecule has 130 valence electrons. The van der Waals surface area contributed by atoms with Crippen molar-refractivity contribution in [2.75, 3.05) is 13.7 Å². The molecule has 4 aliphatic carbocycles. The van der Waals surface area contributed by atoms with Crippen LogP contribution >= 0.6 is 0 Å². The van der Waals surface area contributed by atoms with Crippen LogP contribution in [0.4, 0.5) is 0 Å². The van der Waals surface area contributed by atoms with E-state index < -0.39 is 0 Å². The van der Waals surface area contributed by atoms with Crippen LogP contribution < -0.4 is 0 Å². The Morgan fingerprint density at radius 3 is 2.79 bits per heavy atom.